The van der Waals surface area contributed by atoms with Gasteiger partial charge in [0.2, 0.25) is 0 Å². The van der Waals surface area contributed by atoms with Crippen LogP contribution in [-0.2, 0) is 9.59 Å². The van der Waals surface area contributed by atoms with Crippen molar-refractivity contribution in [3.63, 3.8) is 0 Å². The Morgan fingerprint density at radius 1 is 1.04 bits per heavy atom. The van der Waals surface area contributed by atoms with Gasteiger partial charge in [-0.05, 0) is 38.6 Å². The van der Waals surface area contributed by atoms with Crippen molar-refractivity contribution >= 4 is 11.8 Å². The Hall–Kier alpha value is -0.940. The van der Waals surface area contributed by atoms with Crippen molar-refractivity contribution in [2.45, 2.75) is 116 Å². The van der Waals surface area contributed by atoms with E-state index in [4.69, 9.17) is 16.6 Å². The van der Waals surface area contributed by atoms with E-state index >= 15 is 0 Å². The standard InChI is InChI=1S/C16H30O.C6H14N2O2/c1-2-3-4-5-6-7-8-9-12-15-13-10-11-14-16(15)17;7-4-2-1-3-5(8)6(9)10/h15H,2-14H2,1H3;5H,1-4,7-8H2,(H,9,10). The number of nitrogens with two attached hydrogens (primary N) is 2. The van der Waals surface area contributed by atoms with Crippen molar-refractivity contribution in [2.24, 2.45) is 17.4 Å². The molecule has 0 bridgehead atoms. The molecule has 0 aliphatic heterocycles. The average Bonchev–Trinajstić information content (AvgIpc) is 2.66. The van der Waals surface area contributed by atoms with Gasteiger partial charge in [-0.25, -0.2) is 0 Å². The largest absolute Gasteiger partial charge is 0.480 e. The molecule has 160 valence electrons. The van der Waals surface area contributed by atoms with E-state index in [-0.39, 0.29) is 0 Å². The number of hydrogen-bond donors (Lipinski definition) is 3. The lowest BCUT2D eigenvalue weighted by Gasteiger charge is -2.20. The summed E-state index contributed by atoms with van der Waals surface area (Å²) in [5.41, 5.74) is 10.4. The van der Waals surface area contributed by atoms with E-state index in [9.17, 15) is 9.59 Å². The lowest BCUT2D eigenvalue weighted by atomic mass is 9.84. The molecule has 5 heteroatoms. The number of carboxylic acids is 1. The summed E-state index contributed by atoms with van der Waals surface area (Å²) in [6, 6.07) is -0.716. The first-order valence-corrected chi connectivity index (χ1v) is 11.2. The maximum Gasteiger partial charge on any atom is 0.320 e. The van der Waals surface area contributed by atoms with E-state index in [1.54, 1.807) is 0 Å². The molecule has 0 saturated heterocycles. The smallest absolute Gasteiger partial charge is 0.320 e. The fourth-order valence-electron chi connectivity index (χ4n) is 3.52. The number of aliphatic carboxylic acids is 1. The topological polar surface area (TPSA) is 106 Å². The molecule has 1 rings (SSSR count). The van der Waals surface area contributed by atoms with Gasteiger partial charge in [-0.3, -0.25) is 9.59 Å². The molecule has 0 aromatic carbocycles. The van der Waals surface area contributed by atoms with Gasteiger partial charge in [-0.1, -0.05) is 71.1 Å². The van der Waals surface area contributed by atoms with Gasteiger partial charge < -0.3 is 16.6 Å². The van der Waals surface area contributed by atoms with E-state index < -0.39 is 12.0 Å². The van der Waals surface area contributed by atoms with Crippen LogP contribution in [-0.4, -0.2) is 29.4 Å². The van der Waals surface area contributed by atoms with Crippen LogP contribution in [0.5, 0.6) is 0 Å². The molecule has 2 atom stereocenters. The summed E-state index contributed by atoms with van der Waals surface area (Å²) in [5, 5.41) is 8.33. The molecule has 1 aliphatic rings. The maximum atomic E-state index is 11.6. The summed E-state index contributed by atoms with van der Waals surface area (Å²) in [6.07, 6.45) is 18.8. The van der Waals surface area contributed by atoms with Gasteiger partial charge in [-0.2, -0.15) is 0 Å². The monoisotopic (exact) mass is 384 g/mol. The van der Waals surface area contributed by atoms with Crippen LogP contribution in [0.15, 0.2) is 0 Å². The van der Waals surface area contributed by atoms with E-state index in [2.05, 4.69) is 6.92 Å². The van der Waals surface area contributed by atoms with Crippen LogP contribution in [0.4, 0.5) is 0 Å². The number of rotatable bonds is 14. The van der Waals surface area contributed by atoms with Crippen molar-refractivity contribution in [3.8, 4) is 0 Å². The van der Waals surface area contributed by atoms with Crippen molar-refractivity contribution in [3.05, 3.63) is 0 Å². The van der Waals surface area contributed by atoms with Crippen LogP contribution in [0, 0.1) is 5.92 Å². The molecule has 0 aromatic rings. The quantitative estimate of drug-likeness (QED) is 0.373. The van der Waals surface area contributed by atoms with Crippen molar-refractivity contribution in [1.82, 2.24) is 0 Å². The zero-order chi connectivity index (χ0) is 20.3. The first-order chi connectivity index (χ1) is 13.0. The fraction of sp³-hybridized carbons (Fsp3) is 0.909. The van der Waals surface area contributed by atoms with Crippen LogP contribution in [0.25, 0.3) is 0 Å². The van der Waals surface area contributed by atoms with Crippen LogP contribution >= 0.6 is 0 Å². The summed E-state index contributed by atoms with van der Waals surface area (Å²) in [7, 11) is 0. The molecular formula is C22H44N2O3. The highest BCUT2D eigenvalue weighted by Crippen LogP contribution is 2.25. The number of carboxylic acid groups (broad SMARTS) is 1. The average molecular weight is 385 g/mol. The summed E-state index contributed by atoms with van der Waals surface area (Å²) in [5.74, 6) is 0.0556. The first kappa shape index (κ1) is 26.1. The second kappa shape index (κ2) is 18.4. The Kier molecular flexibility index (Phi) is 17.8. The molecule has 1 aliphatic carbocycles. The Morgan fingerprint density at radius 2 is 1.67 bits per heavy atom. The van der Waals surface area contributed by atoms with Gasteiger partial charge in [-0.15, -0.1) is 0 Å². The van der Waals surface area contributed by atoms with Crippen molar-refractivity contribution < 1.29 is 14.7 Å². The fourth-order valence-corrected chi connectivity index (χ4v) is 3.52. The van der Waals surface area contributed by atoms with Gasteiger partial charge >= 0.3 is 5.97 Å². The Bertz CT molecular complexity index is 375. The van der Waals surface area contributed by atoms with Crippen LogP contribution in [0.3, 0.4) is 0 Å². The van der Waals surface area contributed by atoms with E-state index in [0.29, 0.717) is 24.7 Å². The second-order valence-electron chi connectivity index (χ2n) is 7.90. The highest BCUT2D eigenvalue weighted by Gasteiger charge is 2.21. The Morgan fingerprint density at radius 3 is 2.22 bits per heavy atom. The molecule has 2 unspecified atom stereocenters. The lowest BCUT2D eigenvalue weighted by Crippen LogP contribution is -2.29. The molecule has 5 N–H and O–H groups in total. The molecule has 1 fully saturated rings. The zero-order valence-corrected chi connectivity index (χ0v) is 17.6. The van der Waals surface area contributed by atoms with Crippen molar-refractivity contribution in [1.29, 1.82) is 0 Å². The molecule has 5 nitrogen and oxygen atoms in total. The third-order valence-electron chi connectivity index (χ3n) is 5.37. The van der Waals surface area contributed by atoms with Gasteiger partial charge in [0.05, 0.1) is 0 Å². The molecular weight excluding hydrogens is 340 g/mol. The molecule has 0 aromatic heterocycles. The normalized spacial score (nSPS) is 17.9. The lowest BCUT2D eigenvalue weighted by molar-refractivity contribution is -0.138. The van der Waals surface area contributed by atoms with Crippen LogP contribution < -0.4 is 11.5 Å². The van der Waals surface area contributed by atoms with E-state index in [1.807, 2.05) is 0 Å². The first-order valence-electron chi connectivity index (χ1n) is 11.2. The minimum absolute atomic E-state index is 0.434. The molecule has 0 amide bonds. The SMILES string of the molecule is CCCCCCCCCCC1CCCCC1=O.NCCCCC(N)C(=O)O. The number of carbonyl (C=O) groups is 2. The number of unbranched alkanes of at least 4 members (excludes halogenated alkanes) is 8. The van der Waals surface area contributed by atoms with Gasteiger partial charge in [0.25, 0.3) is 0 Å². The number of hydrogen-bond acceptors (Lipinski definition) is 4. The zero-order valence-electron chi connectivity index (χ0n) is 17.6. The second-order valence-corrected chi connectivity index (χ2v) is 7.90. The van der Waals surface area contributed by atoms with Gasteiger partial charge in [0.1, 0.15) is 11.8 Å². The molecule has 1 saturated carbocycles. The molecule has 0 heterocycles. The van der Waals surface area contributed by atoms with E-state index in [1.165, 1.54) is 70.6 Å². The summed E-state index contributed by atoms with van der Waals surface area (Å²) >= 11 is 0. The molecule has 0 spiro atoms. The van der Waals surface area contributed by atoms with E-state index in [0.717, 1.165) is 25.7 Å². The minimum atomic E-state index is -0.933. The maximum absolute atomic E-state index is 11.6. The number of ketones is 1. The highest BCUT2D eigenvalue weighted by atomic mass is 16.4. The highest BCUT2D eigenvalue weighted by molar-refractivity contribution is 5.81. The summed E-state index contributed by atoms with van der Waals surface area (Å²) < 4.78 is 0. The van der Waals surface area contributed by atoms with Gasteiger partial charge in [0.15, 0.2) is 0 Å². The third kappa shape index (κ3) is 15.8. The van der Waals surface area contributed by atoms with Crippen LogP contribution in [0.1, 0.15) is 110 Å². The minimum Gasteiger partial charge on any atom is -0.480 e. The predicted octanol–water partition coefficient (Wildman–Crippen LogP) is 4.80. The molecule has 27 heavy (non-hydrogen) atoms. The van der Waals surface area contributed by atoms with Gasteiger partial charge in [0, 0.05) is 12.3 Å². The number of Topliss-reactive ketones (excluding diaryl/α,β-unsaturated/α-hetero) is 1. The summed E-state index contributed by atoms with van der Waals surface area (Å²) in [6.45, 7) is 2.87. The third-order valence-corrected chi connectivity index (χ3v) is 5.37. The molecule has 0 radical (unpaired) electrons. The van der Waals surface area contributed by atoms with Crippen molar-refractivity contribution in [2.75, 3.05) is 6.54 Å². The van der Waals surface area contributed by atoms with Crippen LogP contribution in [0.2, 0.25) is 0 Å². The summed E-state index contributed by atoms with van der Waals surface area (Å²) in [4.78, 5) is 21.8. The Balaban J connectivity index is 0.000000580. The Labute approximate surface area is 166 Å². The predicted molar refractivity (Wildman–Crippen MR) is 113 cm³/mol. The number of carbonyl (C=O) groups excluding carboxylic acids is 1.